The first-order valence-electron chi connectivity index (χ1n) is 11.3. The highest BCUT2D eigenvalue weighted by Crippen LogP contribution is 2.31. The van der Waals surface area contributed by atoms with Crippen molar-refractivity contribution in [2.45, 2.75) is 18.7 Å². The van der Waals surface area contributed by atoms with E-state index in [1.54, 1.807) is 60.7 Å². The van der Waals surface area contributed by atoms with E-state index < -0.39 is 15.9 Å². The molecule has 186 valence electrons. The maximum absolute atomic E-state index is 13.4. The lowest BCUT2D eigenvalue weighted by Gasteiger charge is -2.25. The van der Waals surface area contributed by atoms with Crippen molar-refractivity contribution in [2.75, 3.05) is 35.1 Å². The van der Waals surface area contributed by atoms with Gasteiger partial charge < -0.3 is 15.0 Å². The molecular formula is C27H28N4O4S. The molecule has 9 heteroatoms. The molecule has 0 bridgehead atoms. The molecule has 1 amide bonds. The highest BCUT2D eigenvalue weighted by atomic mass is 32.2. The van der Waals surface area contributed by atoms with Crippen LogP contribution in [0.15, 0.2) is 83.3 Å². The normalized spacial score (nSPS) is 11.3. The topological polar surface area (TPSA) is 112 Å². The molecule has 0 aliphatic heterocycles. The molecule has 2 N–H and O–H groups in total. The molecule has 0 unspecified atom stereocenters. The van der Waals surface area contributed by atoms with Gasteiger partial charge in [0, 0.05) is 24.5 Å². The fourth-order valence-corrected chi connectivity index (χ4v) is 4.88. The van der Waals surface area contributed by atoms with Gasteiger partial charge in [0.2, 0.25) is 0 Å². The van der Waals surface area contributed by atoms with Crippen molar-refractivity contribution in [3.8, 4) is 11.8 Å². The van der Waals surface area contributed by atoms with Crippen molar-refractivity contribution in [1.82, 2.24) is 0 Å². The Hall–Kier alpha value is -4.29. The Bertz CT molecular complexity index is 1380. The van der Waals surface area contributed by atoms with Gasteiger partial charge in [-0.15, -0.1) is 0 Å². The summed E-state index contributed by atoms with van der Waals surface area (Å²) in [6, 6.07) is 22.1. The maximum atomic E-state index is 13.4. The number of methoxy groups -OCH3 is 1. The van der Waals surface area contributed by atoms with Crippen LogP contribution in [-0.2, 0) is 14.8 Å². The van der Waals surface area contributed by atoms with Crippen LogP contribution < -0.4 is 19.7 Å². The number of rotatable bonds is 10. The number of nitrogens with zero attached hydrogens (tertiary/aromatic N) is 2. The zero-order valence-electron chi connectivity index (χ0n) is 20.4. The van der Waals surface area contributed by atoms with E-state index in [-0.39, 0.29) is 16.2 Å². The van der Waals surface area contributed by atoms with Crippen molar-refractivity contribution in [3.63, 3.8) is 0 Å². The minimum atomic E-state index is -4.02. The second kappa shape index (κ2) is 11.9. The van der Waals surface area contributed by atoms with Crippen molar-refractivity contribution < 1.29 is 17.9 Å². The zero-order chi connectivity index (χ0) is 26.1. The number of carbonyl (C=O) groups excluding carboxylic acids is 1. The van der Waals surface area contributed by atoms with E-state index in [4.69, 9.17) is 4.74 Å². The smallest absolute Gasteiger partial charge is 0.266 e. The number of ether oxygens (including phenoxy) is 1. The zero-order valence-corrected chi connectivity index (χ0v) is 21.2. The molecule has 0 saturated carbocycles. The molecule has 8 nitrogen and oxygen atoms in total. The van der Waals surface area contributed by atoms with Gasteiger partial charge in [0.25, 0.3) is 15.9 Å². The number of carbonyl (C=O) groups is 1. The number of amides is 1. The van der Waals surface area contributed by atoms with Gasteiger partial charge in [0.15, 0.2) is 0 Å². The summed E-state index contributed by atoms with van der Waals surface area (Å²) in [5, 5.41) is 12.2. The number of hydrogen-bond donors (Lipinski definition) is 2. The lowest BCUT2D eigenvalue weighted by atomic mass is 10.1. The Morgan fingerprint density at radius 2 is 1.64 bits per heavy atom. The predicted octanol–water partition coefficient (Wildman–Crippen LogP) is 4.89. The molecule has 0 aromatic heterocycles. The first-order chi connectivity index (χ1) is 17.3. The Labute approximate surface area is 211 Å². The Morgan fingerprint density at radius 3 is 2.22 bits per heavy atom. The van der Waals surface area contributed by atoms with E-state index in [1.807, 2.05) is 30.9 Å². The van der Waals surface area contributed by atoms with Crippen molar-refractivity contribution in [2.24, 2.45) is 0 Å². The number of sulfonamides is 1. The van der Waals surface area contributed by atoms with Gasteiger partial charge in [-0.25, -0.2) is 8.42 Å². The van der Waals surface area contributed by atoms with E-state index in [1.165, 1.54) is 19.3 Å². The van der Waals surface area contributed by atoms with Crippen molar-refractivity contribution in [3.05, 3.63) is 83.9 Å². The van der Waals surface area contributed by atoms with Gasteiger partial charge in [-0.2, -0.15) is 5.26 Å². The molecule has 0 atom stereocenters. The second-order valence-corrected chi connectivity index (χ2v) is 9.37. The molecule has 3 rings (SSSR count). The Balaban J connectivity index is 1.96. The highest BCUT2D eigenvalue weighted by Gasteiger charge is 2.23. The quantitative estimate of drug-likeness (QED) is 0.300. The van der Waals surface area contributed by atoms with Crippen LogP contribution >= 0.6 is 0 Å². The minimum Gasteiger partial charge on any atom is -0.497 e. The molecule has 0 spiro atoms. The third-order valence-electron chi connectivity index (χ3n) is 5.43. The SMILES string of the molecule is CCN(CC)c1ccc(NC(=O)C(C#N)=Cc2ccccc2)cc1S(=O)(=O)Nc1ccc(OC)cc1. The highest BCUT2D eigenvalue weighted by molar-refractivity contribution is 7.92. The van der Waals surface area contributed by atoms with Crippen LogP contribution in [0, 0.1) is 11.3 Å². The average molecular weight is 505 g/mol. The fraction of sp³-hybridized carbons (Fsp3) is 0.185. The molecule has 0 saturated heterocycles. The molecule has 0 fully saturated rings. The molecule has 0 heterocycles. The van der Waals surface area contributed by atoms with Crippen LogP contribution in [0.2, 0.25) is 0 Å². The molecule has 36 heavy (non-hydrogen) atoms. The third kappa shape index (κ3) is 6.43. The van der Waals surface area contributed by atoms with Crippen LogP contribution in [0.5, 0.6) is 5.75 Å². The van der Waals surface area contributed by atoms with Crippen LogP contribution in [0.25, 0.3) is 6.08 Å². The van der Waals surface area contributed by atoms with Gasteiger partial charge in [-0.1, -0.05) is 30.3 Å². The number of benzene rings is 3. The molecule has 3 aromatic rings. The Kier molecular flexibility index (Phi) is 8.71. The molecule has 0 aliphatic rings. The fourth-order valence-electron chi connectivity index (χ4n) is 3.56. The van der Waals surface area contributed by atoms with E-state index in [9.17, 15) is 18.5 Å². The second-order valence-electron chi connectivity index (χ2n) is 7.72. The monoisotopic (exact) mass is 504 g/mol. The largest absolute Gasteiger partial charge is 0.497 e. The predicted molar refractivity (Wildman–Crippen MR) is 142 cm³/mol. The van der Waals surface area contributed by atoms with Gasteiger partial charge in [-0.05, 0) is 68.0 Å². The summed E-state index contributed by atoms with van der Waals surface area (Å²) in [6.45, 7) is 5.04. The number of hydrogen-bond acceptors (Lipinski definition) is 6. The first kappa shape index (κ1) is 26.3. The number of nitrogens with one attached hydrogen (secondary N) is 2. The summed E-state index contributed by atoms with van der Waals surface area (Å²) in [6.07, 6.45) is 1.47. The van der Waals surface area contributed by atoms with Crippen LogP contribution in [0.1, 0.15) is 19.4 Å². The summed E-state index contributed by atoms with van der Waals surface area (Å²) >= 11 is 0. The van der Waals surface area contributed by atoms with E-state index in [0.717, 1.165) is 0 Å². The molecule has 0 aliphatic carbocycles. The van der Waals surface area contributed by atoms with E-state index >= 15 is 0 Å². The number of nitriles is 1. The van der Waals surface area contributed by atoms with Gasteiger partial charge >= 0.3 is 0 Å². The number of anilines is 3. The maximum Gasteiger partial charge on any atom is 0.266 e. The summed E-state index contributed by atoms with van der Waals surface area (Å²) in [5.41, 5.74) is 1.72. The van der Waals surface area contributed by atoms with E-state index in [0.29, 0.717) is 35.8 Å². The van der Waals surface area contributed by atoms with Gasteiger partial charge in [0.1, 0.15) is 22.3 Å². The molecule has 0 radical (unpaired) electrons. The summed E-state index contributed by atoms with van der Waals surface area (Å²) < 4.78 is 34.6. The lowest BCUT2D eigenvalue weighted by molar-refractivity contribution is -0.112. The standard InChI is InChI=1S/C27H28N4O4S/c1-4-31(5-2)25-16-13-23(29-27(32)21(19-28)17-20-9-7-6-8-10-20)18-26(25)36(33,34)30-22-11-14-24(35-3)15-12-22/h6-18,30H,4-5H2,1-3H3,(H,29,32). The van der Waals surface area contributed by atoms with Crippen molar-refractivity contribution >= 4 is 39.1 Å². The summed E-state index contributed by atoms with van der Waals surface area (Å²) in [4.78, 5) is 14.7. The average Bonchev–Trinajstić information content (AvgIpc) is 2.89. The van der Waals surface area contributed by atoms with Crippen LogP contribution in [0.3, 0.4) is 0 Å². The summed E-state index contributed by atoms with van der Waals surface area (Å²) in [7, 11) is -2.49. The molecule has 3 aromatic carbocycles. The lowest BCUT2D eigenvalue weighted by Crippen LogP contribution is -2.26. The third-order valence-corrected chi connectivity index (χ3v) is 6.84. The van der Waals surface area contributed by atoms with E-state index in [2.05, 4.69) is 10.0 Å². The Morgan fingerprint density at radius 1 is 1.00 bits per heavy atom. The van der Waals surface area contributed by atoms with Crippen LogP contribution in [0.4, 0.5) is 17.1 Å². The molecular weight excluding hydrogens is 476 g/mol. The minimum absolute atomic E-state index is 0.00497. The van der Waals surface area contributed by atoms with Crippen molar-refractivity contribution in [1.29, 1.82) is 5.26 Å². The van der Waals surface area contributed by atoms with Gasteiger partial charge in [0.05, 0.1) is 12.8 Å². The van der Waals surface area contributed by atoms with Crippen LogP contribution in [-0.4, -0.2) is 34.5 Å². The van der Waals surface area contributed by atoms with Gasteiger partial charge in [-0.3, -0.25) is 9.52 Å². The first-order valence-corrected chi connectivity index (χ1v) is 12.8. The summed E-state index contributed by atoms with van der Waals surface area (Å²) in [5.74, 6) is -0.0354.